The molecule has 1 spiro atoms. The fourth-order valence-corrected chi connectivity index (χ4v) is 10.9. The molecule has 6 fully saturated rings. The third kappa shape index (κ3) is 10.3. The van der Waals surface area contributed by atoms with Gasteiger partial charge in [-0.15, -0.1) is 0 Å². The Balaban J connectivity index is 0.000000315. The highest BCUT2D eigenvalue weighted by Gasteiger charge is 2.63. The molecule has 49 heavy (non-hydrogen) atoms. The van der Waals surface area contributed by atoms with Crippen LogP contribution in [-0.2, 0) is 19.0 Å². The lowest BCUT2D eigenvalue weighted by molar-refractivity contribution is -0.231. The number of ether oxygens (including phenoxy) is 3. The van der Waals surface area contributed by atoms with Gasteiger partial charge in [0, 0.05) is 25.0 Å². The summed E-state index contributed by atoms with van der Waals surface area (Å²) >= 11 is 0. The number of rotatable bonds is 7. The Labute approximate surface area is 304 Å². The minimum atomic E-state index is -0.224. The fraction of sp³-hybridized carbons (Fsp3) is 0.889. The van der Waals surface area contributed by atoms with Crippen molar-refractivity contribution in [1.82, 2.24) is 0 Å². The molecule has 284 valence electrons. The third-order valence-electron chi connectivity index (χ3n) is 13.8. The molecule has 1 saturated heterocycles. The third-order valence-corrected chi connectivity index (χ3v) is 13.8. The number of hydrogen-bond donors (Lipinski definition) is 0. The van der Waals surface area contributed by atoms with E-state index in [1.54, 1.807) is 6.92 Å². The zero-order valence-corrected chi connectivity index (χ0v) is 34.3. The number of carbonyl (C=O) groups excluding carboxylic acids is 1. The summed E-state index contributed by atoms with van der Waals surface area (Å²) in [6, 6.07) is 0. The summed E-state index contributed by atoms with van der Waals surface area (Å²) in [6.07, 6.45) is 26.8. The predicted molar refractivity (Wildman–Crippen MR) is 208 cm³/mol. The molecule has 0 aromatic carbocycles. The lowest BCUT2D eigenvalue weighted by Gasteiger charge is -2.62. The summed E-state index contributed by atoms with van der Waals surface area (Å²) in [5.74, 6) is 5.26. The minimum Gasteiger partial charge on any atom is -0.375 e. The van der Waals surface area contributed by atoms with Crippen LogP contribution < -0.4 is 0 Å². The molecular formula is C45H80O4. The zero-order valence-electron chi connectivity index (χ0n) is 34.3. The molecule has 0 radical (unpaired) electrons. The first kappa shape index (κ1) is 42.4. The van der Waals surface area contributed by atoms with Crippen molar-refractivity contribution in [2.75, 3.05) is 19.8 Å². The van der Waals surface area contributed by atoms with E-state index in [1.807, 2.05) is 45.9 Å². The second kappa shape index (κ2) is 19.2. The van der Waals surface area contributed by atoms with E-state index < -0.39 is 0 Å². The number of ketones is 1. The van der Waals surface area contributed by atoms with Crippen LogP contribution in [0.4, 0.5) is 0 Å². The van der Waals surface area contributed by atoms with E-state index in [2.05, 4.69) is 41.5 Å². The first-order valence-electron chi connectivity index (χ1n) is 21.2. The molecule has 1 aliphatic heterocycles. The van der Waals surface area contributed by atoms with Gasteiger partial charge in [-0.25, -0.2) is 0 Å². The van der Waals surface area contributed by atoms with Crippen molar-refractivity contribution in [3.63, 3.8) is 0 Å². The molecule has 4 heteroatoms. The SMILES string of the molecule is CC.CC.CC(=O)C1=CCCC=C1.CC1CC1.CCCCCOC(C)(C)C1CCC2C3CCC4CC5(CCC4(C)C3CCC21C)OCCO5. The summed E-state index contributed by atoms with van der Waals surface area (Å²) in [7, 11) is 0. The first-order chi connectivity index (χ1) is 23.4. The Hall–Kier alpha value is -0.970. The van der Waals surface area contributed by atoms with Gasteiger partial charge in [-0.3, -0.25) is 4.79 Å². The van der Waals surface area contributed by atoms with E-state index in [0.29, 0.717) is 16.7 Å². The molecule has 7 aliphatic rings. The molecular weight excluding hydrogens is 604 g/mol. The van der Waals surface area contributed by atoms with E-state index in [1.165, 1.54) is 77.0 Å². The Bertz CT molecular complexity index is 1050. The lowest BCUT2D eigenvalue weighted by Crippen LogP contribution is -2.57. The van der Waals surface area contributed by atoms with Gasteiger partial charge < -0.3 is 14.2 Å². The van der Waals surface area contributed by atoms with E-state index in [-0.39, 0.29) is 17.2 Å². The molecule has 0 aromatic heterocycles. The molecule has 7 unspecified atom stereocenters. The van der Waals surface area contributed by atoms with Crippen molar-refractivity contribution >= 4 is 5.78 Å². The van der Waals surface area contributed by atoms with Gasteiger partial charge in [0.15, 0.2) is 11.6 Å². The maximum atomic E-state index is 10.7. The van der Waals surface area contributed by atoms with Crippen molar-refractivity contribution < 1.29 is 19.0 Å². The van der Waals surface area contributed by atoms with Gasteiger partial charge in [0.1, 0.15) is 0 Å². The van der Waals surface area contributed by atoms with Crippen molar-refractivity contribution in [1.29, 1.82) is 0 Å². The van der Waals surface area contributed by atoms with E-state index in [9.17, 15) is 4.79 Å². The molecule has 0 N–H and O–H groups in total. The Kier molecular flexibility index (Phi) is 16.6. The highest BCUT2D eigenvalue weighted by molar-refractivity contribution is 5.96. The highest BCUT2D eigenvalue weighted by atomic mass is 16.7. The Morgan fingerprint density at radius 1 is 0.857 bits per heavy atom. The van der Waals surface area contributed by atoms with Crippen molar-refractivity contribution in [3.05, 3.63) is 23.8 Å². The molecule has 0 aromatic rings. The normalized spacial score (nSPS) is 35.2. The Morgan fingerprint density at radius 2 is 1.51 bits per heavy atom. The van der Waals surface area contributed by atoms with Gasteiger partial charge in [-0.2, -0.15) is 0 Å². The topological polar surface area (TPSA) is 44.8 Å². The maximum absolute atomic E-state index is 10.7. The van der Waals surface area contributed by atoms with Crippen LogP contribution in [0.1, 0.15) is 179 Å². The van der Waals surface area contributed by atoms with E-state index >= 15 is 0 Å². The van der Waals surface area contributed by atoms with Gasteiger partial charge in [0.05, 0.1) is 18.8 Å². The Morgan fingerprint density at radius 3 is 2.06 bits per heavy atom. The smallest absolute Gasteiger partial charge is 0.168 e. The number of Topliss-reactive ketones (excluding diaryl/α,β-unsaturated/α-hetero) is 1. The van der Waals surface area contributed by atoms with Gasteiger partial charge in [0.25, 0.3) is 0 Å². The minimum absolute atomic E-state index is 0.0134. The number of hydrogen-bond acceptors (Lipinski definition) is 4. The molecule has 4 nitrogen and oxygen atoms in total. The molecule has 6 aliphatic carbocycles. The molecule has 1 heterocycles. The number of allylic oxidation sites excluding steroid dienone is 4. The van der Waals surface area contributed by atoms with Crippen LogP contribution in [0, 0.1) is 46.3 Å². The van der Waals surface area contributed by atoms with Crippen molar-refractivity contribution in [2.24, 2.45) is 46.3 Å². The van der Waals surface area contributed by atoms with Crippen LogP contribution in [0.15, 0.2) is 23.8 Å². The monoisotopic (exact) mass is 685 g/mol. The zero-order chi connectivity index (χ0) is 36.3. The van der Waals surface area contributed by atoms with Gasteiger partial charge in [-0.05, 0) is 131 Å². The second-order valence-corrected chi connectivity index (χ2v) is 17.2. The fourth-order valence-electron chi connectivity index (χ4n) is 10.9. The summed E-state index contributed by atoms with van der Waals surface area (Å²) < 4.78 is 18.9. The van der Waals surface area contributed by atoms with Crippen LogP contribution >= 0.6 is 0 Å². The van der Waals surface area contributed by atoms with Crippen LogP contribution in [0.3, 0.4) is 0 Å². The number of fused-ring (bicyclic) bond motifs is 5. The molecule has 0 bridgehead atoms. The average Bonchev–Trinajstić information content (AvgIpc) is 3.60. The molecule has 0 amide bonds. The molecule has 7 atom stereocenters. The number of carbonyl (C=O) groups is 1. The van der Waals surface area contributed by atoms with Crippen LogP contribution in [-0.4, -0.2) is 37.0 Å². The van der Waals surface area contributed by atoms with Crippen LogP contribution in [0.25, 0.3) is 0 Å². The van der Waals surface area contributed by atoms with Gasteiger partial charge in [0.2, 0.25) is 0 Å². The van der Waals surface area contributed by atoms with E-state index in [4.69, 9.17) is 14.2 Å². The molecule has 7 rings (SSSR count). The van der Waals surface area contributed by atoms with Gasteiger partial charge >= 0.3 is 0 Å². The molecule has 5 saturated carbocycles. The maximum Gasteiger partial charge on any atom is 0.168 e. The standard InChI is InChI=1S/C29H50O3.C8H10O.C4H8.2C2H6/c1-6-7-8-17-30-26(2,3)25-12-11-23-22-10-9-21-20-29(31-18-19-32-29)16-15-27(21,4)24(22)13-14-28(23,25)5;1-7(9)8-5-3-2-4-6-8;1-4-2-3-4;2*1-2/h21-25H,6-20H2,1-5H3;3,5-6H,2,4H2,1H3;4H,2-3H2,1H3;2*1-2H3. The largest absolute Gasteiger partial charge is 0.375 e. The summed E-state index contributed by atoms with van der Waals surface area (Å²) in [5.41, 5.74) is 1.84. The van der Waals surface area contributed by atoms with Crippen molar-refractivity contribution in [2.45, 2.75) is 190 Å². The lowest BCUT2D eigenvalue weighted by atomic mass is 9.44. The average molecular weight is 685 g/mol. The van der Waals surface area contributed by atoms with Crippen LogP contribution in [0.2, 0.25) is 0 Å². The summed E-state index contributed by atoms with van der Waals surface area (Å²) in [5, 5.41) is 0. The number of unbranched alkanes of at least 4 members (excludes halogenated alkanes) is 2. The second-order valence-electron chi connectivity index (χ2n) is 17.2. The van der Waals surface area contributed by atoms with E-state index in [0.717, 1.165) is 80.7 Å². The van der Waals surface area contributed by atoms with Crippen LogP contribution in [0.5, 0.6) is 0 Å². The summed E-state index contributed by atoms with van der Waals surface area (Å²) in [4.78, 5) is 10.7. The van der Waals surface area contributed by atoms with Gasteiger partial charge in [-0.1, -0.05) is 99.3 Å². The summed E-state index contributed by atoms with van der Waals surface area (Å²) in [6.45, 7) is 26.8. The quantitative estimate of drug-likeness (QED) is 0.250. The van der Waals surface area contributed by atoms with Crippen molar-refractivity contribution in [3.8, 4) is 0 Å². The highest BCUT2D eigenvalue weighted by Crippen LogP contribution is 2.69. The first-order valence-corrected chi connectivity index (χ1v) is 21.2. The predicted octanol–water partition coefficient (Wildman–Crippen LogP) is 12.7.